The number of benzene rings is 1. The molecule has 1 aromatic carbocycles. The molecule has 0 spiro atoms. The summed E-state index contributed by atoms with van der Waals surface area (Å²) in [5.74, 6) is 7.76. The summed E-state index contributed by atoms with van der Waals surface area (Å²) in [5, 5.41) is 3.08. The van der Waals surface area contributed by atoms with Gasteiger partial charge in [-0.2, -0.15) is 0 Å². The van der Waals surface area contributed by atoms with Crippen LogP contribution in [0.2, 0.25) is 0 Å². The van der Waals surface area contributed by atoms with Crippen LogP contribution in [0.3, 0.4) is 0 Å². The first-order valence-electron chi connectivity index (χ1n) is 13.2. The second kappa shape index (κ2) is 6.07. The van der Waals surface area contributed by atoms with Gasteiger partial charge in [0, 0.05) is 11.7 Å². The maximum atomic E-state index is 6.45. The van der Waals surface area contributed by atoms with Crippen molar-refractivity contribution in [1.29, 1.82) is 0 Å². The fourth-order valence-corrected chi connectivity index (χ4v) is 16.4. The normalized spacial score (nSPS) is 50.5. The van der Waals surface area contributed by atoms with Gasteiger partial charge in [0.15, 0.2) is 0 Å². The van der Waals surface area contributed by atoms with Crippen LogP contribution in [-0.4, -0.2) is 16.9 Å². The molecule has 2 heteroatoms. The Kier molecular flexibility index (Phi) is 3.63. The van der Waals surface area contributed by atoms with Gasteiger partial charge >= 0.3 is 0 Å². The predicted octanol–water partition coefficient (Wildman–Crippen LogP) is 6.67. The van der Waals surface area contributed by atoms with Crippen molar-refractivity contribution >= 4 is 13.2 Å². The third-order valence-electron chi connectivity index (χ3n) is 10.9. The van der Waals surface area contributed by atoms with Gasteiger partial charge in [-0.15, -0.1) is 0 Å². The molecule has 1 nitrogen and oxygen atoms in total. The van der Waals surface area contributed by atoms with Crippen LogP contribution in [0.25, 0.3) is 0 Å². The van der Waals surface area contributed by atoms with E-state index >= 15 is 0 Å². The molecule has 30 heavy (non-hydrogen) atoms. The van der Waals surface area contributed by atoms with Crippen molar-refractivity contribution in [2.45, 2.75) is 93.8 Å². The molecule has 8 saturated carbocycles. The van der Waals surface area contributed by atoms with Gasteiger partial charge < -0.3 is 4.74 Å². The first-order chi connectivity index (χ1) is 14.7. The highest BCUT2D eigenvalue weighted by Gasteiger charge is 2.63. The highest BCUT2D eigenvalue weighted by molar-refractivity contribution is 7.69. The van der Waals surface area contributed by atoms with E-state index in [4.69, 9.17) is 4.74 Å². The zero-order chi connectivity index (χ0) is 19.5. The summed E-state index contributed by atoms with van der Waals surface area (Å²) in [4.78, 5) is 0. The molecule has 8 aliphatic carbocycles. The first-order valence-corrected chi connectivity index (χ1v) is 14.6. The first kappa shape index (κ1) is 17.9. The molecule has 1 aromatic rings. The van der Waals surface area contributed by atoms with Crippen LogP contribution >= 0.6 is 7.92 Å². The standard InChI is InChI=1S/C28H37OP/c1-2-24-4-5-29-26(24)25(3-1)30(27-12-18-6-19(13-27)8-20(7-18)14-27)28-15-21-9-22(16-28)11-23(10-21)17-28/h1-3,18-23H,4-17H2. The Morgan fingerprint density at radius 1 is 0.667 bits per heavy atom. The fraction of sp³-hybridized carbons (Fsp3) is 0.786. The van der Waals surface area contributed by atoms with E-state index in [2.05, 4.69) is 18.2 Å². The van der Waals surface area contributed by atoms with Crippen LogP contribution in [0.1, 0.15) is 82.6 Å². The Morgan fingerprint density at radius 3 is 1.60 bits per heavy atom. The highest BCUT2D eigenvalue weighted by atomic mass is 31.1. The Bertz CT molecular complexity index is 772. The van der Waals surface area contributed by atoms with Crippen LogP contribution in [0.5, 0.6) is 5.75 Å². The lowest BCUT2D eigenvalue weighted by molar-refractivity contribution is 0.0195. The lowest BCUT2D eigenvalue weighted by atomic mass is 9.55. The summed E-state index contributed by atoms with van der Waals surface area (Å²) in [7, 11) is -0.132. The lowest BCUT2D eigenvalue weighted by Gasteiger charge is -2.67. The molecule has 0 amide bonds. The van der Waals surface area contributed by atoms with E-state index < -0.39 is 0 Å². The summed E-state index contributed by atoms with van der Waals surface area (Å²) >= 11 is 0. The Hall–Kier alpha value is -0.550. The van der Waals surface area contributed by atoms with E-state index in [-0.39, 0.29) is 7.92 Å². The molecule has 1 heterocycles. The van der Waals surface area contributed by atoms with Crippen molar-refractivity contribution in [3.05, 3.63) is 23.8 Å². The Labute approximate surface area is 183 Å². The molecule has 1 aliphatic heterocycles. The molecule has 0 unspecified atom stereocenters. The lowest BCUT2D eigenvalue weighted by Crippen LogP contribution is -2.58. The molecular weight excluding hydrogens is 383 g/mol. The molecule has 9 aliphatic rings. The molecule has 0 N–H and O–H groups in total. The topological polar surface area (TPSA) is 9.23 Å². The Morgan fingerprint density at radius 2 is 1.13 bits per heavy atom. The molecular formula is C28H37OP. The summed E-state index contributed by atoms with van der Waals surface area (Å²) < 4.78 is 6.45. The second-order valence-corrected chi connectivity index (χ2v) is 16.0. The number of para-hydroxylation sites is 1. The minimum Gasteiger partial charge on any atom is -0.492 e. The number of rotatable bonds is 3. The fourth-order valence-electron chi connectivity index (χ4n) is 11.1. The van der Waals surface area contributed by atoms with Gasteiger partial charge in [-0.25, -0.2) is 0 Å². The SMILES string of the molecule is c1cc2c(c(P(C34CC5CC(CC(C5)C3)C4)C34CC5CC(CC(C5)C3)C4)c1)OCC2. The third-order valence-corrected chi connectivity index (χ3v) is 14.7. The van der Waals surface area contributed by atoms with Gasteiger partial charge in [0.2, 0.25) is 0 Å². The summed E-state index contributed by atoms with van der Waals surface area (Å²) in [6, 6.07) is 7.37. The molecule has 160 valence electrons. The average molecular weight is 421 g/mol. The Balaban J connectivity index is 1.32. The zero-order valence-corrected chi connectivity index (χ0v) is 19.3. The molecule has 8 fully saturated rings. The number of hydrogen-bond donors (Lipinski definition) is 0. The van der Waals surface area contributed by atoms with Crippen molar-refractivity contribution in [1.82, 2.24) is 0 Å². The van der Waals surface area contributed by atoms with Crippen LogP contribution < -0.4 is 10.0 Å². The maximum absolute atomic E-state index is 6.45. The van der Waals surface area contributed by atoms with Gasteiger partial charge in [0.1, 0.15) is 5.75 Å². The monoisotopic (exact) mass is 420 g/mol. The van der Waals surface area contributed by atoms with E-state index in [1.807, 2.05) is 0 Å². The predicted molar refractivity (Wildman–Crippen MR) is 124 cm³/mol. The van der Waals surface area contributed by atoms with Gasteiger partial charge in [-0.05, 0) is 128 Å². The van der Waals surface area contributed by atoms with E-state index in [0.29, 0.717) is 10.3 Å². The van der Waals surface area contributed by atoms with Gasteiger partial charge in [0.05, 0.1) is 6.61 Å². The van der Waals surface area contributed by atoms with E-state index in [1.54, 1.807) is 82.4 Å². The van der Waals surface area contributed by atoms with E-state index in [1.165, 1.54) is 11.3 Å². The number of ether oxygens (including phenoxy) is 1. The minimum absolute atomic E-state index is 0.132. The van der Waals surface area contributed by atoms with E-state index in [9.17, 15) is 0 Å². The minimum atomic E-state index is -0.132. The molecule has 8 bridgehead atoms. The van der Waals surface area contributed by atoms with Crippen LogP contribution in [0.4, 0.5) is 0 Å². The van der Waals surface area contributed by atoms with Crippen LogP contribution in [0, 0.1) is 35.5 Å². The quantitative estimate of drug-likeness (QED) is 0.497. The van der Waals surface area contributed by atoms with Gasteiger partial charge in [-0.1, -0.05) is 26.1 Å². The summed E-state index contributed by atoms with van der Waals surface area (Å²) in [6.07, 6.45) is 20.1. The molecule has 0 atom stereocenters. The smallest absolute Gasteiger partial charge is 0.130 e. The largest absolute Gasteiger partial charge is 0.492 e. The second-order valence-electron chi connectivity index (χ2n) is 13.0. The maximum Gasteiger partial charge on any atom is 0.130 e. The molecule has 0 radical (unpaired) electrons. The summed E-state index contributed by atoms with van der Waals surface area (Å²) in [6.45, 7) is 0.928. The average Bonchev–Trinajstić information content (AvgIpc) is 3.15. The van der Waals surface area contributed by atoms with E-state index in [0.717, 1.165) is 48.5 Å². The summed E-state index contributed by atoms with van der Waals surface area (Å²) in [5.41, 5.74) is 1.54. The zero-order valence-electron chi connectivity index (χ0n) is 18.5. The van der Waals surface area contributed by atoms with Gasteiger partial charge in [0.25, 0.3) is 0 Å². The van der Waals surface area contributed by atoms with Crippen molar-refractivity contribution in [2.75, 3.05) is 6.61 Å². The van der Waals surface area contributed by atoms with Crippen molar-refractivity contribution in [2.24, 2.45) is 35.5 Å². The molecule has 10 rings (SSSR count). The molecule has 0 aromatic heterocycles. The molecule has 0 saturated heterocycles. The van der Waals surface area contributed by atoms with Crippen molar-refractivity contribution in [3.63, 3.8) is 0 Å². The van der Waals surface area contributed by atoms with Gasteiger partial charge in [-0.3, -0.25) is 0 Å². The van der Waals surface area contributed by atoms with Crippen molar-refractivity contribution in [3.8, 4) is 5.75 Å². The highest BCUT2D eigenvalue weighted by Crippen LogP contribution is 2.78. The number of hydrogen-bond acceptors (Lipinski definition) is 1. The third kappa shape index (κ3) is 2.40. The van der Waals surface area contributed by atoms with Crippen LogP contribution in [0.15, 0.2) is 18.2 Å². The number of fused-ring (bicyclic) bond motifs is 1. The van der Waals surface area contributed by atoms with Crippen LogP contribution in [-0.2, 0) is 6.42 Å². The van der Waals surface area contributed by atoms with Crippen molar-refractivity contribution < 1.29 is 4.74 Å².